The lowest BCUT2D eigenvalue weighted by atomic mass is 10.1. The van der Waals surface area contributed by atoms with E-state index in [0.717, 1.165) is 36.4 Å². The van der Waals surface area contributed by atoms with Crippen molar-refractivity contribution in [2.24, 2.45) is 0 Å². The molecule has 3 nitrogen and oxygen atoms in total. The molecule has 0 aliphatic rings. The van der Waals surface area contributed by atoms with Crippen molar-refractivity contribution in [2.75, 3.05) is 18.4 Å². The number of amides is 1. The van der Waals surface area contributed by atoms with E-state index in [-0.39, 0.29) is 5.91 Å². The van der Waals surface area contributed by atoms with E-state index in [1.165, 1.54) is 5.56 Å². The van der Waals surface area contributed by atoms with Crippen molar-refractivity contribution in [1.29, 1.82) is 0 Å². The summed E-state index contributed by atoms with van der Waals surface area (Å²) in [4.78, 5) is 14.5. The van der Waals surface area contributed by atoms with E-state index in [2.05, 4.69) is 29.3 Å². The molecule has 0 aliphatic heterocycles. The zero-order chi connectivity index (χ0) is 17.5. The zero-order valence-corrected chi connectivity index (χ0v) is 15.4. The van der Waals surface area contributed by atoms with Crippen LogP contribution >= 0.6 is 11.6 Å². The van der Waals surface area contributed by atoms with Gasteiger partial charge in [-0.3, -0.25) is 9.69 Å². The summed E-state index contributed by atoms with van der Waals surface area (Å²) >= 11 is 6.25. The Labute approximate surface area is 149 Å². The zero-order valence-electron chi connectivity index (χ0n) is 14.6. The predicted molar refractivity (Wildman–Crippen MR) is 102 cm³/mol. The maximum absolute atomic E-state index is 12.3. The molecular weight excluding hydrogens is 320 g/mol. The fourth-order valence-electron chi connectivity index (χ4n) is 2.73. The van der Waals surface area contributed by atoms with Gasteiger partial charge >= 0.3 is 0 Å². The number of nitrogens with zero attached hydrogens (tertiary/aromatic N) is 1. The molecule has 24 heavy (non-hydrogen) atoms. The van der Waals surface area contributed by atoms with Crippen LogP contribution in [0, 0.1) is 13.8 Å². The minimum absolute atomic E-state index is 0.00429. The highest BCUT2D eigenvalue weighted by Crippen LogP contribution is 2.27. The highest BCUT2D eigenvalue weighted by Gasteiger charge is 2.11. The smallest absolute Gasteiger partial charge is 0.225 e. The Bertz CT molecular complexity index is 662. The fourth-order valence-corrected chi connectivity index (χ4v) is 3.09. The maximum atomic E-state index is 12.3. The van der Waals surface area contributed by atoms with E-state index >= 15 is 0 Å². The second-order valence-corrected chi connectivity index (χ2v) is 6.50. The number of hydrogen-bond acceptors (Lipinski definition) is 2. The molecule has 0 radical (unpaired) electrons. The van der Waals surface area contributed by atoms with Crippen molar-refractivity contribution in [2.45, 2.75) is 33.7 Å². The van der Waals surface area contributed by atoms with Crippen molar-refractivity contribution < 1.29 is 4.79 Å². The van der Waals surface area contributed by atoms with Gasteiger partial charge in [0.1, 0.15) is 0 Å². The van der Waals surface area contributed by atoms with E-state index in [1.54, 1.807) is 0 Å². The summed E-state index contributed by atoms with van der Waals surface area (Å²) < 4.78 is 0. The Balaban J connectivity index is 1.90. The molecule has 2 rings (SSSR count). The van der Waals surface area contributed by atoms with Crippen LogP contribution in [0.5, 0.6) is 0 Å². The molecule has 0 aromatic heterocycles. The third kappa shape index (κ3) is 5.36. The molecular formula is C20H25ClN2O. The number of hydrogen-bond donors (Lipinski definition) is 1. The molecule has 0 saturated heterocycles. The fraction of sp³-hybridized carbons (Fsp3) is 0.350. The molecule has 1 amide bonds. The molecule has 0 saturated carbocycles. The molecule has 0 spiro atoms. The average Bonchev–Trinajstić information content (AvgIpc) is 2.55. The maximum Gasteiger partial charge on any atom is 0.225 e. The Morgan fingerprint density at radius 3 is 2.50 bits per heavy atom. The summed E-state index contributed by atoms with van der Waals surface area (Å²) in [6.45, 7) is 8.55. The average molecular weight is 345 g/mol. The number of nitrogens with one attached hydrogen (secondary N) is 1. The van der Waals surface area contributed by atoms with E-state index in [4.69, 9.17) is 11.6 Å². The van der Waals surface area contributed by atoms with Crippen molar-refractivity contribution in [3.63, 3.8) is 0 Å². The largest absolute Gasteiger partial charge is 0.325 e. The van der Waals surface area contributed by atoms with Gasteiger partial charge in [0.05, 0.1) is 10.7 Å². The first-order chi connectivity index (χ1) is 11.5. The summed E-state index contributed by atoms with van der Waals surface area (Å²) in [5.41, 5.74) is 4.07. The topological polar surface area (TPSA) is 32.3 Å². The normalized spacial score (nSPS) is 10.9. The lowest BCUT2D eigenvalue weighted by molar-refractivity contribution is -0.116. The predicted octanol–water partition coefficient (Wildman–Crippen LogP) is 4.81. The van der Waals surface area contributed by atoms with E-state index in [1.807, 2.05) is 44.2 Å². The standard InChI is InChI=1S/C20H25ClN2O/c1-4-23(14-17-8-6-5-7-9-17)11-10-19(24)22-20-16(3)12-15(2)13-18(20)21/h5-9,12-13H,4,10-11,14H2,1-3H3,(H,22,24). The molecule has 0 bridgehead atoms. The Hall–Kier alpha value is -1.84. The first kappa shape index (κ1) is 18.5. The van der Waals surface area contributed by atoms with Gasteiger partial charge in [0.15, 0.2) is 0 Å². The molecule has 2 aromatic rings. The second-order valence-electron chi connectivity index (χ2n) is 6.09. The molecule has 128 valence electrons. The van der Waals surface area contributed by atoms with Gasteiger partial charge in [-0.1, -0.05) is 54.9 Å². The molecule has 1 N–H and O–H groups in total. The SMILES string of the molecule is CCN(CCC(=O)Nc1c(C)cc(C)cc1Cl)Cc1ccccc1. The van der Waals surface area contributed by atoms with Gasteiger partial charge < -0.3 is 5.32 Å². The number of carbonyl (C=O) groups is 1. The summed E-state index contributed by atoms with van der Waals surface area (Å²) in [5.74, 6) is -0.00429. The van der Waals surface area contributed by atoms with E-state index in [0.29, 0.717) is 11.4 Å². The lowest BCUT2D eigenvalue weighted by Crippen LogP contribution is -2.27. The molecule has 4 heteroatoms. The van der Waals surface area contributed by atoms with Crippen LogP contribution in [0.3, 0.4) is 0 Å². The molecule has 0 atom stereocenters. The quantitative estimate of drug-likeness (QED) is 0.781. The van der Waals surface area contributed by atoms with Gasteiger partial charge in [0, 0.05) is 19.5 Å². The van der Waals surface area contributed by atoms with Crippen LogP contribution < -0.4 is 5.32 Å². The summed E-state index contributed by atoms with van der Waals surface area (Å²) in [5, 5.41) is 3.55. The first-order valence-electron chi connectivity index (χ1n) is 8.32. The molecule has 2 aromatic carbocycles. The highest BCUT2D eigenvalue weighted by atomic mass is 35.5. The molecule has 0 fully saturated rings. The number of anilines is 1. The number of rotatable bonds is 7. The number of benzene rings is 2. The van der Waals surface area contributed by atoms with Crippen molar-refractivity contribution >= 4 is 23.2 Å². The van der Waals surface area contributed by atoms with Crippen molar-refractivity contribution in [3.05, 3.63) is 64.2 Å². The van der Waals surface area contributed by atoms with Gasteiger partial charge in [-0.15, -0.1) is 0 Å². The van der Waals surface area contributed by atoms with Crippen LogP contribution in [0.15, 0.2) is 42.5 Å². The minimum Gasteiger partial charge on any atom is -0.325 e. The van der Waals surface area contributed by atoms with Crippen LogP contribution in [0.2, 0.25) is 5.02 Å². The van der Waals surface area contributed by atoms with Gasteiger partial charge in [-0.25, -0.2) is 0 Å². The van der Waals surface area contributed by atoms with Crippen LogP contribution in [-0.4, -0.2) is 23.9 Å². The van der Waals surface area contributed by atoms with Gasteiger partial charge in [-0.05, 0) is 43.1 Å². The molecule has 0 unspecified atom stereocenters. The Morgan fingerprint density at radius 1 is 1.17 bits per heavy atom. The third-order valence-electron chi connectivity index (χ3n) is 4.05. The second kappa shape index (κ2) is 8.86. The lowest BCUT2D eigenvalue weighted by Gasteiger charge is -2.20. The first-order valence-corrected chi connectivity index (χ1v) is 8.70. The van der Waals surface area contributed by atoms with Gasteiger partial charge in [-0.2, -0.15) is 0 Å². The summed E-state index contributed by atoms with van der Waals surface area (Å²) in [7, 11) is 0. The number of carbonyl (C=O) groups excluding carboxylic acids is 1. The summed E-state index contributed by atoms with van der Waals surface area (Å²) in [6.07, 6.45) is 0.449. The summed E-state index contributed by atoms with van der Waals surface area (Å²) in [6, 6.07) is 14.2. The van der Waals surface area contributed by atoms with Crippen molar-refractivity contribution in [3.8, 4) is 0 Å². The Kier molecular flexibility index (Phi) is 6.83. The van der Waals surface area contributed by atoms with Crippen LogP contribution in [0.25, 0.3) is 0 Å². The van der Waals surface area contributed by atoms with E-state index in [9.17, 15) is 4.79 Å². The number of aryl methyl sites for hydroxylation is 2. The van der Waals surface area contributed by atoms with Crippen molar-refractivity contribution in [1.82, 2.24) is 4.90 Å². The molecule has 0 heterocycles. The minimum atomic E-state index is -0.00429. The monoisotopic (exact) mass is 344 g/mol. The van der Waals surface area contributed by atoms with E-state index < -0.39 is 0 Å². The number of halogens is 1. The van der Waals surface area contributed by atoms with Crippen LogP contribution in [0.1, 0.15) is 30.0 Å². The molecule has 0 aliphatic carbocycles. The highest BCUT2D eigenvalue weighted by molar-refractivity contribution is 6.34. The third-order valence-corrected chi connectivity index (χ3v) is 4.35. The van der Waals surface area contributed by atoms with Gasteiger partial charge in [0.2, 0.25) is 5.91 Å². The Morgan fingerprint density at radius 2 is 1.88 bits per heavy atom. The van der Waals surface area contributed by atoms with Crippen LogP contribution in [-0.2, 0) is 11.3 Å². The van der Waals surface area contributed by atoms with Gasteiger partial charge in [0.25, 0.3) is 0 Å². The van der Waals surface area contributed by atoms with Crippen LogP contribution in [0.4, 0.5) is 5.69 Å².